The van der Waals surface area contributed by atoms with E-state index in [0.717, 1.165) is 38.5 Å². The van der Waals surface area contributed by atoms with E-state index < -0.39 is 5.60 Å². The topological polar surface area (TPSA) is 63.6 Å². The molecular formula is C23H36O4. The zero-order valence-corrected chi connectivity index (χ0v) is 17.4. The molecule has 0 heterocycles. The highest BCUT2D eigenvalue weighted by Crippen LogP contribution is 2.69. The number of Topliss-reactive ketones (excluding diaryl/α,β-unsaturated/α-hetero) is 1. The Morgan fingerprint density at radius 1 is 0.926 bits per heavy atom. The molecule has 4 saturated carbocycles. The number of rotatable bonds is 2. The molecular weight excluding hydrogens is 340 g/mol. The second-order valence-corrected chi connectivity index (χ2v) is 10.6. The number of carbonyl (C=O) groups excluding carboxylic acids is 2. The maximum absolute atomic E-state index is 12.7. The first kappa shape index (κ1) is 19.4. The van der Waals surface area contributed by atoms with Crippen molar-refractivity contribution in [2.45, 2.75) is 97.2 Å². The van der Waals surface area contributed by atoms with Gasteiger partial charge in [0, 0.05) is 12.3 Å². The summed E-state index contributed by atoms with van der Waals surface area (Å²) in [6.45, 7) is 7.75. The van der Waals surface area contributed by atoms with E-state index >= 15 is 0 Å². The third-order valence-electron chi connectivity index (χ3n) is 9.64. The van der Waals surface area contributed by atoms with Crippen LogP contribution < -0.4 is 0 Å². The first-order valence-electron chi connectivity index (χ1n) is 11.0. The van der Waals surface area contributed by atoms with Crippen LogP contribution in [0.1, 0.15) is 85.5 Å². The smallest absolute Gasteiger partial charge is 0.303 e. The summed E-state index contributed by atoms with van der Waals surface area (Å²) >= 11 is 0. The largest absolute Gasteiger partial charge is 0.451 e. The summed E-state index contributed by atoms with van der Waals surface area (Å²) in [6.07, 6.45) is 9.08. The van der Waals surface area contributed by atoms with Crippen LogP contribution in [0.25, 0.3) is 0 Å². The van der Waals surface area contributed by atoms with Crippen LogP contribution >= 0.6 is 0 Å². The van der Waals surface area contributed by atoms with Crippen LogP contribution in [0, 0.1) is 34.5 Å². The van der Waals surface area contributed by atoms with Gasteiger partial charge in [0.1, 0.15) is 0 Å². The Labute approximate surface area is 163 Å². The third kappa shape index (κ3) is 2.58. The second-order valence-electron chi connectivity index (χ2n) is 10.6. The van der Waals surface area contributed by atoms with E-state index in [0.29, 0.717) is 35.5 Å². The van der Waals surface area contributed by atoms with Gasteiger partial charge in [-0.3, -0.25) is 9.59 Å². The maximum atomic E-state index is 12.7. The van der Waals surface area contributed by atoms with Crippen LogP contribution in [0.15, 0.2) is 0 Å². The van der Waals surface area contributed by atoms with E-state index in [1.807, 2.05) is 0 Å². The van der Waals surface area contributed by atoms with Gasteiger partial charge < -0.3 is 9.84 Å². The van der Waals surface area contributed by atoms with Crippen LogP contribution in [0.2, 0.25) is 0 Å². The molecule has 0 saturated heterocycles. The molecule has 0 aromatic heterocycles. The summed E-state index contributed by atoms with van der Waals surface area (Å²) in [6, 6.07) is 0. The molecule has 4 fully saturated rings. The van der Waals surface area contributed by atoms with Crippen molar-refractivity contribution in [1.29, 1.82) is 0 Å². The lowest BCUT2D eigenvalue weighted by molar-refractivity contribution is -0.192. The van der Waals surface area contributed by atoms with Crippen molar-refractivity contribution < 1.29 is 19.4 Å². The highest BCUT2D eigenvalue weighted by molar-refractivity contribution is 5.89. The fourth-order valence-corrected chi connectivity index (χ4v) is 8.30. The van der Waals surface area contributed by atoms with Crippen LogP contribution in [0.3, 0.4) is 0 Å². The highest BCUT2D eigenvalue weighted by atomic mass is 16.6. The zero-order chi connectivity index (χ0) is 19.6. The Morgan fingerprint density at radius 2 is 1.63 bits per heavy atom. The molecule has 0 aromatic rings. The first-order valence-corrected chi connectivity index (χ1v) is 11.0. The summed E-state index contributed by atoms with van der Waals surface area (Å²) in [5.41, 5.74) is -0.829. The van der Waals surface area contributed by atoms with Crippen molar-refractivity contribution in [1.82, 2.24) is 0 Å². The van der Waals surface area contributed by atoms with Crippen molar-refractivity contribution in [3.05, 3.63) is 0 Å². The Morgan fingerprint density at radius 3 is 2.30 bits per heavy atom. The minimum Gasteiger partial charge on any atom is -0.451 e. The van der Waals surface area contributed by atoms with Gasteiger partial charge in [-0.25, -0.2) is 0 Å². The minimum atomic E-state index is -0.922. The molecule has 1 N–H and O–H groups in total. The molecule has 4 aliphatic rings. The molecule has 0 spiro atoms. The minimum absolute atomic E-state index is 0.0295. The number of ketones is 1. The lowest BCUT2D eigenvalue weighted by atomic mass is 9.44. The summed E-state index contributed by atoms with van der Waals surface area (Å²) in [5, 5.41) is 10.2. The van der Waals surface area contributed by atoms with E-state index in [1.54, 1.807) is 6.92 Å². The summed E-state index contributed by atoms with van der Waals surface area (Å²) < 4.78 is 5.84. The van der Waals surface area contributed by atoms with Crippen molar-refractivity contribution in [2.75, 3.05) is 0 Å². The summed E-state index contributed by atoms with van der Waals surface area (Å²) in [4.78, 5) is 24.6. The molecule has 4 aliphatic carbocycles. The number of carbonyl (C=O) groups is 2. The molecule has 152 valence electrons. The number of hydrogen-bond donors (Lipinski definition) is 1. The molecule has 0 aliphatic heterocycles. The molecule has 4 heteroatoms. The normalized spacial score (nSPS) is 51.7. The molecule has 4 nitrogen and oxygen atoms in total. The maximum Gasteiger partial charge on any atom is 0.303 e. The summed E-state index contributed by atoms with van der Waals surface area (Å²) in [7, 11) is 0. The lowest BCUT2D eigenvalue weighted by Gasteiger charge is -2.61. The Kier molecular flexibility index (Phi) is 4.53. The lowest BCUT2D eigenvalue weighted by Crippen LogP contribution is -2.59. The summed E-state index contributed by atoms with van der Waals surface area (Å²) in [5.74, 6) is 2.11. The monoisotopic (exact) mass is 376 g/mol. The second kappa shape index (κ2) is 6.30. The van der Waals surface area contributed by atoms with Gasteiger partial charge in [0.15, 0.2) is 11.4 Å². The predicted octanol–water partition coefficient (Wildman–Crippen LogP) is 4.28. The van der Waals surface area contributed by atoms with E-state index in [2.05, 4.69) is 13.8 Å². The van der Waals surface area contributed by atoms with Crippen molar-refractivity contribution in [2.24, 2.45) is 34.5 Å². The number of fused-ring (bicyclic) bond motifs is 5. The molecule has 0 amide bonds. The third-order valence-corrected chi connectivity index (χ3v) is 9.64. The zero-order valence-electron chi connectivity index (χ0n) is 17.4. The average molecular weight is 377 g/mol. The Hall–Kier alpha value is -0.900. The molecule has 0 radical (unpaired) electrons. The number of esters is 1. The van der Waals surface area contributed by atoms with Gasteiger partial charge in [-0.1, -0.05) is 13.8 Å². The molecule has 1 unspecified atom stereocenters. The molecule has 27 heavy (non-hydrogen) atoms. The SMILES string of the molecule is CC(=O)O[C@]1(C(C)=O)CC[C@H]2[C@@H]3CC[C@@H]4CC(O)CC[C@]4(C)[C@H]3CC[C@@]21C. The van der Waals surface area contributed by atoms with Gasteiger partial charge in [0.2, 0.25) is 0 Å². The van der Waals surface area contributed by atoms with Crippen LogP contribution in [0.4, 0.5) is 0 Å². The molecule has 8 atom stereocenters. The Bertz CT molecular complexity index is 644. The van der Waals surface area contributed by atoms with E-state index in [1.165, 1.54) is 19.8 Å². The molecule has 0 aromatic carbocycles. The number of hydrogen-bond acceptors (Lipinski definition) is 4. The quantitative estimate of drug-likeness (QED) is 0.731. The highest BCUT2D eigenvalue weighted by Gasteiger charge is 2.68. The number of aliphatic hydroxyl groups is 1. The van der Waals surface area contributed by atoms with E-state index in [9.17, 15) is 14.7 Å². The standard InChI is InChI=1S/C23H36O4/c1-14(24)23(27-15(2)25)12-9-20-18-6-5-16-13-17(26)7-10-21(16,3)19(18)8-11-22(20,23)4/h16-20,26H,5-13H2,1-4H3/t16-,17?,18-,19+,20+,21+,22+,23+/m1/s1. The van der Waals surface area contributed by atoms with Crippen molar-refractivity contribution in [3.63, 3.8) is 0 Å². The molecule has 0 bridgehead atoms. The first-order chi connectivity index (χ1) is 12.6. The van der Waals surface area contributed by atoms with Gasteiger partial charge in [-0.05, 0) is 93.8 Å². The number of ether oxygens (including phenoxy) is 1. The van der Waals surface area contributed by atoms with Gasteiger partial charge in [0.25, 0.3) is 0 Å². The fourth-order valence-electron chi connectivity index (χ4n) is 8.30. The van der Waals surface area contributed by atoms with Crippen molar-refractivity contribution >= 4 is 11.8 Å². The molecule has 4 rings (SSSR count). The van der Waals surface area contributed by atoms with Gasteiger partial charge >= 0.3 is 5.97 Å². The van der Waals surface area contributed by atoms with Gasteiger partial charge in [-0.15, -0.1) is 0 Å². The number of aliphatic hydroxyl groups excluding tert-OH is 1. The fraction of sp³-hybridized carbons (Fsp3) is 0.913. The average Bonchev–Trinajstić information content (AvgIpc) is 2.89. The van der Waals surface area contributed by atoms with E-state index in [4.69, 9.17) is 4.74 Å². The van der Waals surface area contributed by atoms with E-state index in [-0.39, 0.29) is 23.3 Å². The predicted molar refractivity (Wildman–Crippen MR) is 103 cm³/mol. The van der Waals surface area contributed by atoms with Gasteiger partial charge in [0.05, 0.1) is 6.10 Å². The van der Waals surface area contributed by atoms with Crippen LogP contribution in [0.5, 0.6) is 0 Å². The van der Waals surface area contributed by atoms with Gasteiger partial charge in [-0.2, -0.15) is 0 Å². The van der Waals surface area contributed by atoms with Crippen molar-refractivity contribution in [3.8, 4) is 0 Å². The van der Waals surface area contributed by atoms with Crippen LogP contribution in [-0.4, -0.2) is 28.6 Å². The van der Waals surface area contributed by atoms with Crippen LogP contribution in [-0.2, 0) is 14.3 Å². The Balaban J connectivity index is 1.66.